The van der Waals surface area contributed by atoms with Gasteiger partial charge in [-0.2, -0.15) is 5.26 Å². The third-order valence-corrected chi connectivity index (χ3v) is 5.53. The number of ether oxygens (including phenoxy) is 1. The molecule has 1 heterocycles. The predicted molar refractivity (Wildman–Crippen MR) is 121 cm³/mol. The molecule has 0 spiro atoms. The molecule has 3 rings (SSSR count). The summed E-state index contributed by atoms with van der Waals surface area (Å²) < 4.78 is 6.95. The molecule has 0 fully saturated rings. The molecule has 0 amide bonds. The van der Waals surface area contributed by atoms with Gasteiger partial charge in [-0.15, -0.1) is 0 Å². The Morgan fingerprint density at radius 3 is 2.14 bits per heavy atom. The molecular formula is C21H18Br2N4O. The summed E-state index contributed by atoms with van der Waals surface area (Å²) >= 11 is 7.03. The van der Waals surface area contributed by atoms with Gasteiger partial charge in [-0.05, 0) is 67.8 Å². The maximum absolute atomic E-state index is 9.61. The van der Waals surface area contributed by atoms with Crippen molar-refractivity contribution in [2.45, 2.75) is 0 Å². The van der Waals surface area contributed by atoms with Crippen molar-refractivity contribution in [3.63, 3.8) is 0 Å². The number of nitrogen functional groups attached to an aromatic ring is 1. The van der Waals surface area contributed by atoms with Gasteiger partial charge in [0.25, 0.3) is 0 Å². The molecule has 0 radical (unpaired) electrons. The molecule has 0 saturated heterocycles. The van der Waals surface area contributed by atoms with Crippen LogP contribution in [0.1, 0.15) is 5.56 Å². The van der Waals surface area contributed by atoms with Gasteiger partial charge in [-0.25, -0.2) is 4.98 Å². The third-order valence-electron chi connectivity index (χ3n) is 4.35. The van der Waals surface area contributed by atoms with Gasteiger partial charge < -0.3 is 15.4 Å². The van der Waals surface area contributed by atoms with Crippen LogP contribution in [-0.4, -0.2) is 26.2 Å². The quantitative estimate of drug-likeness (QED) is 0.513. The zero-order valence-corrected chi connectivity index (χ0v) is 18.8. The number of rotatable bonds is 4. The van der Waals surface area contributed by atoms with Crippen LogP contribution in [0, 0.1) is 11.3 Å². The van der Waals surface area contributed by atoms with Gasteiger partial charge in [-0.3, -0.25) is 0 Å². The lowest BCUT2D eigenvalue weighted by Crippen LogP contribution is -2.08. The molecule has 1 aromatic heterocycles. The third kappa shape index (κ3) is 3.84. The zero-order valence-electron chi connectivity index (χ0n) is 15.6. The molecule has 2 N–H and O–H groups in total. The van der Waals surface area contributed by atoms with Gasteiger partial charge in [0.15, 0.2) is 0 Å². The minimum atomic E-state index is 0.203. The van der Waals surface area contributed by atoms with Crippen molar-refractivity contribution < 1.29 is 4.74 Å². The Labute approximate surface area is 181 Å². The second-order valence-electron chi connectivity index (χ2n) is 6.34. The number of nitrogens with two attached hydrogens (primary N) is 1. The van der Waals surface area contributed by atoms with E-state index < -0.39 is 0 Å². The molecular weight excluding hydrogens is 484 g/mol. The van der Waals surface area contributed by atoms with Crippen molar-refractivity contribution in [1.29, 1.82) is 5.26 Å². The van der Waals surface area contributed by atoms with Gasteiger partial charge in [-0.1, -0.05) is 12.1 Å². The van der Waals surface area contributed by atoms with Crippen LogP contribution in [-0.2, 0) is 0 Å². The van der Waals surface area contributed by atoms with Gasteiger partial charge in [0.1, 0.15) is 23.2 Å². The van der Waals surface area contributed by atoms with Gasteiger partial charge in [0.2, 0.25) is 0 Å². The molecule has 7 heteroatoms. The van der Waals surface area contributed by atoms with Crippen molar-refractivity contribution in [3.8, 4) is 34.2 Å². The normalized spacial score (nSPS) is 10.4. The summed E-state index contributed by atoms with van der Waals surface area (Å²) in [6.07, 6.45) is 0. The molecule has 0 aliphatic carbocycles. The van der Waals surface area contributed by atoms with Gasteiger partial charge in [0.05, 0.1) is 21.7 Å². The van der Waals surface area contributed by atoms with E-state index in [0.717, 1.165) is 31.3 Å². The summed E-state index contributed by atoms with van der Waals surface area (Å²) in [5.74, 6) is 0.902. The van der Waals surface area contributed by atoms with Crippen molar-refractivity contribution >= 4 is 43.4 Å². The predicted octanol–water partition coefficient (Wildman–Crippen LogP) is 5.47. The Balaban J connectivity index is 2.17. The van der Waals surface area contributed by atoms with Crippen LogP contribution in [0.4, 0.5) is 11.5 Å². The van der Waals surface area contributed by atoms with Crippen LogP contribution in [0.15, 0.2) is 51.4 Å². The van der Waals surface area contributed by atoms with Crippen molar-refractivity contribution in [1.82, 2.24) is 4.98 Å². The molecule has 0 aliphatic rings. The largest absolute Gasteiger partial charge is 0.494 e. The molecule has 0 atom stereocenters. The molecule has 0 bridgehead atoms. The summed E-state index contributed by atoms with van der Waals surface area (Å²) in [6, 6.07) is 15.9. The van der Waals surface area contributed by atoms with E-state index in [1.54, 1.807) is 7.11 Å². The van der Waals surface area contributed by atoms with E-state index in [-0.39, 0.29) is 5.82 Å². The fraction of sp³-hybridized carbons (Fsp3) is 0.143. The number of anilines is 2. The fourth-order valence-electron chi connectivity index (χ4n) is 2.90. The highest BCUT2D eigenvalue weighted by Gasteiger charge is 2.16. The molecule has 2 aromatic carbocycles. The van der Waals surface area contributed by atoms with Crippen LogP contribution in [0.2, 0.25) is 0 Å². The monoisotopic (exact) mass is 500 g/mol. The second kappa shape index (κ2) is 8.21. The Morgan fingerprint density at radius 1 is 1.04 bits per heavy atom. The summed E-state index contributed by atoms with van der Waals surface area (Å²) in [5.41, 5.74) is 10.8. The van der Waals surface area contributed by atoms with E-state index in [1.165, 1.54) is 0 Å². The Kier molecular flexibility index (Phi) is 5.92. The minimum Gasteiger partial charge on any atom is -0.494 e. The number of hydrogen-bond acceptors (Lipinski definition) is 5. The lowest BCUT2D eigenvalue weighted by atomic mass is 9.98. The number of pyridine rings is 1. The first-order valence-electron chi connectivity index (χ1n) is 8.37. The minimum absolute atomic E-state index is 0.203. The maximum atomic E-state index is 9.61. The van der Waals surface area contributed by atoms with E-state index in [1.807, 2.05) is 61.5 Å². The Hall–Kier alpha value is -2.56. The number of nitriles is 1. The van der Waals surface area contributed by atoms with Crippen molar-refractivity contribution in [2.75, 3.05) is 31.8 Å². The van der Waals surface area contributed by atoms with Crippen LogP contribution in [0.3, 0.4) is 0 Å². The summed E-state index contributed by atoms with van der Waals surface area (Å²) in [6.45, 7) is 0. The topological polar surface area (TPSA) is 75.2 Å². The number of aromatic nitrogens is 1. The highest BCUT2D eigenvalue weighted by molar-refractivity contribution is 9.11. The van der Waals surface area contributed by atoms with E-state index in [0.29, 0.717) is 17.0 Å². The number of benzene rings is 2. The van der Waals surface area contributed by atoms with Crippen LogP contribution < -0.4 is 15.4 Å². The first-order chi connectivity index (χ1) is 13.3. The zero-order chi connectivity index (χ0) is 20.4. The summed E-state index contributed by atoms with van der Waals surface area (Å²) in [4.78, 5) is 6.47. The Morgan fingerprint density at radius 2 is 1.64 bits per heavy atom. The van der Waals surface area contributed by atoms with E-state index >= 15 is 0 Å². The molecule has 142 valence electrons. The highest BCUT2D eigenvalue weighted by Crippen LogP contribution is 2.39. The summed E-state index contributed by atoms with van der Waals surface area (Å²) in [7, 11) is 5.58. The molecule has 28 heavy (non-hydrogen) atoms. The van der Waals surface area contributed by atoms with Gasteiger partial charge in [0, 0.05) is 30.9 Å². The van der Waals surface area contributed by atoms with E-state index in [2.05, 4.69) is 42.9 Å². The number of methoxy groups -OCH3 is 1. The van der Waals surface area contributed by atoms with Crippen LogP contribution in [0.25, 0.3) is 22.4 Å². The SMILES string of the molecule is COc1c(Br)cc(-c2cc(-c3ccc(N(C)C)cc3)c(C#N)c(N)n2)cc1Br. The number of halogens is 2. The lowest BCUT2D eigenvalue weighted by Gasteiger charge is -2.15. The molecule has 5 nitrogen and oxygen atoms in total. The fourth-order valence-corrected chi connectivity index (χ4v) is 4.41. The highest BCUT2D eigenvalue weighted by atomic mass is 79.9. The number of hydrogen-bond donors (Lipinski definition) is 1. The standard InChI is InChI=1S/C21H18Br2N4O/c1-27(2)14-6-4-12(5-7-14)15-10-19(26-21(25)16(15)11-24)13-8-17(22)20(28-3)18(23)9-13/h4-10H,1-3H3,(H2,25,26). The maximum Gasteiger partial charge on any atom is 0.147 e. The van der Waals surface area contributed by atoms with Crippen LogP contribution >= 0.6 is 31.9 Å². The van der Waals surface area contributed by atoms with Crippen molar-refractivity contribution in [3.05, 3.63) is 57.0 Å². The lowest BCUT2D eigenvalue weighted by molar-refractivity contribution is 0.409. The molecule has 0 saturated carbocycles. The molecule has 0 unspecified atom stereocenters. The van der Waals surface area contributed by atoms with E-state index in [9.17, 15) is 5.26 Å². The average Bonchev–Trinajstić information content (AvgIpc) is 2.67. The second-order valence-corrected chi connectivity index (χ2v) is 8.05. The molecule has 3 aromatic rings. The first-order valence-corrected chi connectivity index (χ1v) is 9.96. The first kappa shape index (κ1) is 20.2. The average molecular weight is 502 g/mol. The van der Waals surface area contributed by atoms with E-state index in [4.69, 9.17) is 10.5 Å². The van der Waals surface area contributed by atoms with Gasteiger partial charge >= 0.3 is 0 Å². The summed E-state index contributed by atoms with van der Waals surface area (Å²) in [5, 5.41) is 9.61. The smallest absolute Gasteiger partial charge is 0.147 e. The Bertz CT molecular complexity index is 1050. The van der Waals surface area contributed by atoms with Crippen molar-refractivity contribution in [2.24, 2.45) is 0 Å². The molecule has 0 aliphatic heterocycles. The number of nitrogens with zero attached hydrogens (tertiary/aromatic N) is 3. The van der Waals surface area contributed by atoms with Crippen LogP contribution in [0.5, 0.6) is 5.75 Å².